The number of nitrogens with one attached hydrogen (secondary N) is 2. The Hall–Kier alpha value is -3.39. The third-order valence-electron chi connectivity index (χ3n) is 5.59. The van der Waals surface area contributed by atoms with Crippen molar-refractivity contribution in [3.8, 4) is 22.4 Å². The van der Waals surface area contributed by atoms with E-state index in [9.17, 15) is 9.18 Å². The fraction of sp³-hybridized carbons (Fsp3) is 0.154. The van der Waals surface area contributed by atoms with E-state index in [0.717, 1.165) is 22.2 Å². The van der Waals surface area contributed by atoms with E-state index < -0.39 is 6.03 Å². The average molecular weight is 512 g/mol. The summed E-state index contributed by atoms with van der Waals surface area (Å²) in [7, 11) is 0. The first-order valence-corrected chi connectivity index (χ1v) is 12.1. The van der Waals surface area contributed by atoms with E-state index in [1.54, 1.807) is 24.3 Å². The van der Waals surface area contributed by atoms with Gasteiger partial charge in [0.2, 0.25) is 0 Å². The van der Waals surface area contributed by atoms with Crippen LogP contribution in [-0.4, -0.2) is 35.9 Å². The van der Waals surface area contributed by atoms with Gasteiger partial charge in [-0.15, -0.1) is 23.2 Å². The number of halogens is 3. The lowest BCUT2D eigenvalue weighted by atomic mass is 9.95. The number of benzene rings is 3. The van der Waals surface area contributed by atoms with Crippen molar-refractivity contribution >= 4 is 51.5 Å². The number of nitrogens with two attached hydrogens (primary N) is 1. The Balaban J connectivity index is 2.00. The molecule has 1 aromatic heterocycles. The number of amides is 2. The number of hydrazine groups is 1. The summed E-state index contributed by atoms with van der Waals surface area (Å²) in [6, 6.07) is 21.1. The van der Waals surface area contributed by atoms with E-state index in [1.165, 1.54) is 6.07 Å². The maximum Gasteiger partial charge on any atom is 0.333 e. The zero-order valence-corrected chi connectivity index (χ0v) is 20.3. The van der Waals surface area contributed by atoms with Gasteiger partial charge in [0.1, 0.15) is 5.82 Å². The van der Waals surface area contributed by atoms with Crippen molar-refractivity contribution in [2.45, 2.75) is 0 Å². The molecule has 4 rings (SSSR count). The standard InChI is InChI=1S/C26H24Cl2FN5O/c27-11-13-34(14-12-28)25-10-9-17(31-26(35)33-30)15-21(25)20-16-24(19-6-1-3-7-22(19)29)32-23-8-4-2-5-18(20)23/h1-10,15-16H,11-14,30H2,(H2,31,33,35). The topological polar surface area (TPSA) is 83.3 Å². The number of carbonyl (C=O) groups is 1. The molecule has 0 aliphatic heterocycles. The van der Waals surface area contributed by atoms with Crippen LogP contribution in [0.5, 0.6) is 0 Å². The average Bonchev–Trinajstić information content (AvgIpc) is 2.88. The molecular formula is C26H24Cl2FN5O. The maximum absolute atomic E-state index is 14.7. The molecule has 180 valence electrons. The van der Waals surface area contributed by atoms with Gasteiger partial charge in [0.15, 0.2) is 0 Å². The fourth-order valence-corrected chi connectivity index (χ4v) is 4.44. The SMILES string of the molecule is NNC(=O)Nc1ccc(N(CCCl)CCCl)c(-c2cc(-c3ccccc3F)nc3ccccc23)c1. The van der Waals surface area contributed by atoms with Gasteiger partial charge < -0.3 is 10.2 Å². The fourth-order valence-electron chi connectivity index (χ4n) is 4.03. The van der Waals surface area contributed by atoms with E-state index in [4.69, 9.17) is 34.0 Å². The molecule has 0 saturated heterocycles. The van der Waals surface area contributed by atoms with Crippen LogP contribution >= 0.6 is 23.2 Å². The van der Waals surface area contributed by atoms with Crippen LogP contribution < -0.4 is 21.5 Å². The number of fused-ring (bicyclic) bond motifs is 1. The highest BCUT2D eigenvalue weighted by Crippen LogP contribution is 2.39. The summed E-state index contributed by atoms with van der Waals surface area (Å²) in [6.45, 7) is 1.14. The molecule has 0 spiro atoms. The van der Waals surface area contributed by atoms with Crippen LogP contribution in [0.2, 0.25) is 0 Å². The molecule has 1 heterocycles. The number of para-hydroxylation sites is 1. The molecule has 0 fully saturated rings. The Morgan fingerprint density at radius 1 is 0.914 bits per heavy atom. The van der Waals surface area contributed by atoms with Crippen LogP contribution in [-0.2, 0) is 0 Å². The van der Waals surface area contributed by atoms with Gasteiger partial charge in [-0.1, -0.05) is 30.3 Å². The van der Waals surface area contributed by atoms with Crippen LogP contribution in [0.15, 0.2) is 72.8 Å². The Morgan fingerprint density at radius 2 is 1.63 bits per heavy atom. The molecule has 0 aliphatic carbocycles. The summed E-state index contributed by atoms with van der Waals surface area (Å²) in [5.74, 6) is 5.71. The van der Waals surface area contributed by atoms with Crippen LogP contribution in [0.25, 0.3) is 33.3 Å². The molecule has 9 heteroatoms. The lowest BCUT2D eigenvalue weighted by Gasteiger charge is -2.27. The second-order valence-electron chi connectivity index (χ2n) is 7.75. The number of hydrogen-bond acceptors (Lipinski definition) is 4. The number of nitrogens with zero attached hydrogens (tertiary/aromatic N) is 2. The number of alkyl halides is 2. The number of pyridine rings is 1. The summed E-state index contributed by atoms with van der Waals surface area (Å²) in [5, 5.41) is 3.59. The van der Waals surface area contributed by atoms with Crippen molar-refractivity contribution in [3.05, 3.63) is 78.6 Å². The molecule has 4 N–H and O–H groups in total. The van der Waals surface area contributed by atoms with E-state index in [-0.39, 0.29) is 5.82 Å². The van der Waals surface area contributed by atoms with Crippen molar-refractivity contribution in [3.63, 3.8) is 0 Å². The Morgan fingerprint density at radius 3 is 2.34 bits per heavy atom. The monoisotopic (exact) mass is 511 g/mol. The summed E-state index contributed by atoms with van der Waals surface area (Å²) >= 11 is 12.2. The lowest BCUT2D eigenvalue weighted by molar-refractivity contribution is 0.252. The minimum Gasteiger partial charge on any atom is -0.369 e. The minimum atomic E-state index is -0.547. The van der Waals surface area contributed by atoms with Crippen LogP contribution in [0.3, 0.4) is 0 Å². The number of anilines is 2. The molecule has 35 heavy (non-hydrogen) atoms. The van der Waals surface area contributed by atoms with E-state index >= 15 is 0 Å². The first-order chi connectivity index (χ1) is 17.0. The highest BCUT2D eigenvalue weighted by atomic mass is 35.5. The van der Waals surface area contributed by atoms with Gasteiger partial charge in [0, 0.05) is 52.7 Å². The van der Waals surface area contributed by atoms with Gasteiger partial charge in [0.05, 0.1) is 11.2 Å². The Kier molecular flexibility index (Phi) is 8.02. The van der Waals surface area contributed by atoms with Gasteiger partial charge in [-0.2, -0.15) is 0 Å². The molecule has 2 amide bonds. The normalized spacial score (nSPS) is 10.9. The molecule has 0 saturated carbocycles. The van der Waals surface area contributed by atoms with Gasteiger partial charge in [-0.05, 0) is 48.0 Å². The third-order valence-corrected chi connectivity index (χ3v) is 5.93. The number of hydrogen-bond donors (Lipinski definition) is 3. The predicted molar refractivity (Wildman–Crippen MR) is 143 cm³/mol. The summed E-state index contributed by atoms with van der Waals surface area (Å²) in [4.78, 5) is 18.7. The number of aromatic nitrogens is 1. The van der Waals surface area contributed by atoms with Gasteiger partial charge in [0.25, 0.3) is 0 Å². The lowest BCUT2D eigenvalue weighted by Crippen LogP contribution is -2.34. The summed E-state index contributed by atoms with van der Waals surface area (Å²) in [6.07, 6.45) is 0. The molecule has 3 aromatic carbocycles. The molecule has 4 aromatic rings. The highest BCUT2D eigenvalue weighted by Gasteiger charge is 2.18. The van der Waals surface area contributed by atoms with E-state index in [2.05, 4.69) is 15.6 Å². The first-order valence-electron chi connectivity index (χ1n) is 11.0. The molecule has 0 radical (unpaired) electrons. The van der Waals surface area contributed by atoms with Crippen LogP contribution in [0.4, 0.5) is 20.6 Å². The highest BCUT2D eigenvalue weighted by molar-refractivity contribution is 6.18. The molecule has 0 bridgehead atoms. The number of rotatable bonds is 8. The van der Waals surface area contributed by atoms with Crippen molar-refractivity contribution in [2.75, 3.05) is 35.1 Å². The number of urea groups is 1. The quantitative estimate of drug-likeness (QED) is 0.117. The Labute approximate surface area is 212 Å². The van der Waals surface area contributed by atoms with Crippen molar-refractivity contribution < 1.29 is 9.18 Å². The zero-order valence-electron chi connectivity index (χ0n) is 18.8. The van der Waals surface area contributed by atoms with E-state index in [0.29, 0.717) is 47.3 Å². The number of carbonyl (C=O) groups excluding carboxylic acids is 1. The third kappa shape index (κ3) is 5.48. The van der Waals surface area contributed by atoms with Gasteiger partial charge in [-0.25, -0.2) is 20.0 Å². The maximum atomic E-state index is 14.7. The molecule has 0 aliphatic rings. The second kappa shape index (κ2) is 11.4. The molecular weight excluding hydrogens is 488 g/mol. The van der Waals surface area contributed by atoms with Gasteiger partial charge in [-0.3, -0.25) is 5.43 Å². The Bertz CT molecular complexity index is 1340. The predicted octanol–water partition coefficient (Wildman–Crippen LogP) is 5.99. The largest absolute Gasteiger partial charge is 0.369 e. The minimum absolute atomic E-state index is 0.359. The van der Waals surface area contributed by atoms with Crippen LogP contribution in [0, 0.1) is 5.82 Å². The smallest absolute Gasteiger partial charge is 0.333 e. The zero-order chi connectivity index (χ0) is 24.8. The van der Waals surface area contributed by atoms with Crippen molar-refractivity contribution in [2.24, 2.45) is 5.84 Å². The molecule has 0 atom stereocenters. The van der Waals surface area contributed by atoms with Gasteiger partial charge >= 0.3 is 6.03 Å². The van der Waals surface area contributed by atoms with E-state index in [1.807, 2.05) is 42.5 Å². The first kappa shape index (κ1) is 24.7. The van der Waals surface area contributed by atoms with Crippen molar-refractivity contribution in [1.82, 2.24) is 10.4 Å². The van der Waals surface area contributed by atoms with Crippen molar-refractivity contribution in [1.29, 1.82) is 0 Å². The summed E-state index contributed by atoms with van der Waals surface area (Å²) in [5.41, 5.74) is 6.74. The molecule has 6 nitrogen and oxygen atoms in total. The summed E-state index contributed by atoms with van der Waals surface area (Å²) < 4.78 is 14.7. The molecule has 0 unspecified atom stereocenters. The second-order valence-corrected chi connectivity index (χ2v) is 8.50. The van der Waals surface area contributed by atoms with Crippen LogP contribution in [0.1, 0.15) is 0 Å².